The first kappa shape index (κ1) is 11.6. The predicted octanol–water partition coefficient (Wildman–Crippen LogP) is 0.841. The molecule has 0 saturated carbocycles. The van der Waals surface area contributed by atoms with E-state index >= 15 is 0 Å². The Morgan fingerprint density at radius 2 is 2.19 bits per heavy atom. The summed E-state index contributed by atoms with van der Waals surface area (Å²) in [6, 6.07) is 10.7. The molecule has 1 unspecified atom stereocenters. The van der Waals surface area contributed by atoms with E-state index in [2.05, 4.69) is 34.5 Å². The van der Waals surface area contributed by atoms with Crippen molar-refractivity contribution in [3.8, 4) is 0 Å². The van der Waals surface area contributed by atoms with E-state index in [4.69, 9.17) is 0 Å². The number of nitrogens with zero attached hydrogens (tertiary/aromatic N) is 1. The van der Waals surface area contributed by atoms with Crippen molar-refractivity contribution in [2.24, 2.45) is 0 Å². The molecule has 1 aromatic carbocycles. The van der Waals surface area contributed by atoms with Crippen LogP contribution in [0.25, 0.3) is 0 Å². The van der Waals surface area contributed by atoms with Gasteiger partial charge in [0.25, 0.3) is 0 Å². The van der Waals surface area contributed by atoms with Crippen LogP contribution in [0.15, 0.2) is 30.3 Å². The fourth-order valence-electron chi connectivity index (χ4n) is 2.15. The van der Waals surface area contributed by atoms with Gasteiger partial charge in [-0.3, -0.25) is 4.90 Å². The van der Waals surface area contributed by atoms with Crippen LogP contribution in [0.4, 0.5) is 0 Å². The van der Waals surface area contributed by atoms with Gasteiger partial charge in [-0.15, -0.1) is 0 Å². The quantitative estimate of drug-likeness (QED) is 0.792. The van der Waals surface area contributed by atoms with Gasteiger partial charge in [0.2, 0.25) is 0 Å². The fraction of sp³-hybridized carbons (Fsp3) is 0.538. The van der Waals surface area contributed by atoms with Crippen LogP contribution in [0.5, 0.6) is 0 Å². The summed E-state index contributed by atoms with van der Waals surface area (Å²) in [4.78, 5) is 2.39. The SMILES string of the molecule is CC(O)[C@H]1CN(Cc2ccccc2)CCN1. The highest BCUT2D eigenvalue weighted by Crippen LogP contribution is 2.08. The van der Waals surface area contributed by atoms with E-state index in [1.165, 1.54) is 5.56 Å². The highest BCUT2D eigenvalue weighted by Gasteiger charge is 2.22. The molecule has 1 aliphatic rings. The van der Waals surface area contributed by atoms with E-state index in [0.29, 0.717) is 0 Å². The van der Waals surface area contributed by atoms with E-state index < -0.39 is 0 Å². The molecule has 2 atom stereocenters. The summed E-state index contributed by atoms with van der Waals surface area (Å²) in [7, 11) is 0. The van der Waals surface area contributed by atoms with Crippen molar-refractivity contribution in [3.63, 3.8) is 0 Å². The van der Waals surface area contributed by atoms with Gasteiger partial charge in [0, 0.05) is 32.2 Å². The number of piperazine rings is 1. The summed E-state index contributed by atoms with van der Waals surface area (Å²) in [5, 5.41) is 12.9. The molecule has 1 heterocycles. The first-order valence-electron chi connectivity index (χ1n) is 5.93. The molecule has 1 fully saturated rings. The summed E-state index contributed by atoms with van der Waals surface area (Å²) in [5.74, 6) is 0. The monoisotopic (exact) mass is 220 g/mol. The third-order valence-electron chi connectivity index (χ3n) is 3.12. The summed E-state index contributed by atoms with van der Waals surface area (Å²) < 4.78 is 0. The van der Waals surface area contributed by atoms with Gasteiger partial charge in [0.1, 0.15) is 0 Å². The van der Waals surface area contributed by atoms with Crippen LogP contribution in [0, 0.1) is 0 Å². The average Bonchev–Trinajstić information content (AvgIpc) is 2.30. The molecule has 0 bridgehead atoms. The Bertz CT molecular complexity index is 313. The molecule has 0 amide bonds. The molecule has 0 aromatic heterocycles. The minimum absolute atomic E-state index is 0.206. The first-order valence-corrected chi connectivity index (χ1v) is 5.93. The van der Waals surface area contributed by atoms with Gasteiger partial charge in [-0.1, -0.05) is 30.3 Å². The third-order valence-corrected chi connectivity index (χ3v) is 3.12. The van der Waals surface area contributed by atoms with Crippen LogP contribution in [0.2, 0.25) is 0 Å². The largest absolute Gasteiger partial charge is 0.392 e. The van der Waals surface area contributed by atoms with E-state index in [1.54, 1.807) is 0 Å². The lowest BCUT2D eigenvalue weighted by Crippen LogP contribution is -2.54. The minimum atomic E-state index is -0.279. The zero-order valence-corrected chi connectivity index (χ0v) is 9.76. The molecule has 1 saturated heterocycles. The summed E-state index contributed by atoms with van der Waals surface area (Å²) >= 11 is 0. The molecule has 2 N–H and O–H groups in total. The molecule has 0 radical (unpaired) electrons. The summed E-state index contributed by atoms with van der Waals surface area (Å²) in [5.41, 5.74) is 1.34. The number of hydrogen-bond donors (Lipinski definition) is 2. The first-order chi connectivity index (χ1) is 7.75. The Labute approximate surface area is 97.1 Å². The molecule has 1 aromatic rings. The van der Waals surface area contributed by atoms with E-state index in [-0.39, 0.29) is 12.1 Å². The molecule has 0 spiro atoms. The van der Waals surface area contributed by atoms with Gasteiger partial charge in [-0.2, -0.15) is 0 Å². The Kier molecular flexibility index (Phi) is 3.93. The Hall–Kier alpha value is -0.900. The van der Waals surface area contributed by atoms with E-state index in [0.717, 1.165) is 26.2 Å². The highest BCUT2D eigenvalue weighted by atomic mass is 16.3. The van der Waals surface area contributed by atoms with Crippen molar-refractivity contribution in [1.29, 1.82) is 0 Å². The number of rotatable bonds is 3. The van der Waals surface area contributed by atoms with Crippen molar-refractivity contribution in [2.75, 3.05) is 19.6 Å². The summed E-state index contributed by atoms with van der Waals surface area (Å²) in [6.45, 7) is 5.77. The number of nitrogens with one attached hydrogen (secondary N) is 1. The molecular formula is C13H20N2O. The molecule has 0 aliphatic carbocycles. The second kappa shape index (κ2) is 5.43. The third kappa shape index (κ3) is 3.04. The second-order valence-electron chi connectivity index (χ2n) is 4.52. The molecule has 2 rings (SSSR count). The maximum Gasteiger partial charge on any atom is 0.0677 e. The van der Waals surface area contributed by atoms with Gasteiger partial charge in [0.15, 0.2) is 0 Å². The van der Waals surface area contributed by atoms with Gasteiger partial charge in [-0.05, 0) is 12.5 Å². The van der Waals surface area contributed by atoms with Crippen LogP contribution in [0.1, 0.15) is 12.5 Å². The average molecular weight is 220 g/mol. The maximum absolute atomic E-state index is 9.57. The highest BCUT2D eigenvalue weighted by molar-refractivity contribution is 5.14. The van der Waals surface area contributed by atoms with Gasteiger partial charge in [0.05, 0.1) is 6.10 Å². The second-order valence-corrected chi connectivity index (χ2v) is 4.52. The maximum atomic E-state index is 9.57. The summed E-state index contributed by atoms with van der Waals surface area (Å²) in [6.07, 6.45) is -0.279. The van der Waals surface area contributed by atoms with Crippen LogP contribution in [-0.2, 0) is 6.54 Å². The zero-order chi connectivity index (χ0) is 11.4. The normalized spacial score (nSPS) is 24.2. The number of benzene rings is 1. The molecule has 3 heteroatoms. The van der Waals surface area contributed by atoms with Crippen molar-refractivity contribution >= 4 is 0 Å². The standard InChI is InChI=1S/C13H20N2O/c1-11(16)13-10-15(8-7-14-13)9-12-5-3-2-4-6-12/h2-6,11,13-14,16H,7-10H2,1H3/t11?,13-/m1/s1. The Morgan fingerprint density at radius 1 is 1.44 bits per heavy atom. The lowest BCUT2D eigenvalue weighted by molar-refractivity contribution is 0.0887. The van der Waals surface area contributed by atoms with Crippen LogP contribution in [0.3, 0.4) is 0 Å². The minimum Gasteiger partial charge on any atom is -0.392 e. The Morgan fingerprint density at radius 3 is 2.88 bits per heavy atom. The van der Waals surface area contributed by atoms with Crippen molar-refractivity contribution < 1.29 is 5.11 Å². The number of hydrogen-bond acceptors (Lipinski definition) is 3. The van der Waals surface area contributed by atoms with Gasteiger partial charge >= 0.3 is 0 Å². The van der Waals surface area contributed by atoms with Crippen LogP contribution < -0.4 is 5.32 Å². The molecule has 16 heavy (non-hydrogen) atoms. The topological polar surface area (TPSA) is 35.5 Å². The van der Waals surface area contributed by atoms with Gasteiger partial charge in [-0.25, -0.2) is 0 Å². The van der Waals surface area contributed by atoms with Crippen molar-refractivity contribution in [2.45, 2.75) is 25.6 Å². The fourth-order valence-corrected chi connectivity index (χ4v) is 2.15. The molecule has 88 valence electrons. The predicted molar refractivity (Wildman–Crippen MR) is 65.2 cm³/mol. The zero-order valence-electron chi connectivity index (χ0n) is 9.76. The van der Waals surface area contributed by atoms with Crippen LogP contribution in [-0.4, -0.2) is 41.8 Å². The molecule has 1 aliphatic heterocycles. The van der Waals surface area contributed by atoms with E-state index in [1.807, 2.05) is 13.0 Å². The Balaban J connectivity index is 1.90. The molecule has 3 nitrogen and oxygen atoms in total. The number of aliphatic hydroxyl groups is 1. The smallest absolute Gasteiger partial charge is 0.0677 e. The lowest BCUT2D eigenvalue weighted by Gasteiger charge is -2.35. The van der Waals surface area contributed by atoms with Crippen LogP contribution >= 0.6 is 0 Å². The lowest BCUT2D eigenvalue weighted by atomic mass is 10.1. The van der Waals surface area contributed by atoms with Gasteiger partial charge < -0.3 is 10.4 Å². The number of aliphatic hydroxyl groups excluding tert-OH is 1. The van der Waals surface area contributed by atoms with Crippen molar-refractivity contribution in [3.05, 3.63) is 35.9 Å². The van der Waals surface area contributed by atoms with Crippen molar-refractivity contribution in [1.82, 2.24) is 10.2 Å². The van der Waals surface area contributed by atoms with E-state index in [9.17, 15) is 5.11 Å². The molecular weight excluding hydrogens is 200 g/mol.